The van der Waals surface area contributed by atoms with Gasteiger partial charge in [-0.1, -0.05) is 306 Å². The molecule has 0 aliphatic rings. The fourth-order valence-corrected chi connectivity index (χ4v) is 8.98. The van der Waals surface area contributed by atoms with Gasteiger partial charge in [0, 0.05) is 12.8 Å². The SMILES string of the molecule is CC/C=C\C/C=C\C/C=C\C/C=C\C/C=C\C/C=C\C/C=C\C/C=C\C/C=C\C/C=C\C/C=C\CCCCCCCC(=O)OC(CO)COC(=O)CCCCCCCCCCCCCCCC/C=C\C/C=C\C/C=C\CCCCCCC. The highest BCUT2D eigenvalue weighted by atomic mass is 16.6. The average molecular weight is 1130 g/mol. The first-order valence-corrected chi connectivity index (χ1v) is 33.7. The summed E-state index contributed by atoms with van der Waals surface area (Å²) in [6.45, 7) is 4.00. The predicted octanol–water partition coefficient (Wildman–Crippen LogP) is 23.6. The first-order valence-electron chi connectivity index (χ1n) is 33.7. The van der Waals surface area contributed by atoms with Gasteiger partial charge in [-0.2, -0.15) is 0 Å². The van der Waals surface area contributed by atoms with Crippen molar-refractivity contribution in [1.82, 2.24) is 0 Å². The van der Waals surface area contributed by atoms with Crippen molar-refractivity contribution in [2.24, 2.45) is 0 Å². The molecule has 462 valence electrons. The fourth-order valence-electron chi connectivity index (χ4n) is 8.98. The van der Waals surface area contributed by atoms with Crippen molar-refractivity contribution in [1.29, 1.82) is 0 Å². The number of unbranched alkanes of at least 4 members (excludes halogenated alkanes) is 24. The molecule has 0 fully saturated rings. The molecule has 0 aliphatic heterocycles. The van der Waals surface area contributed by atoms with E-state index in [0.717, 1.165) is 141 Å². The van der Waals surface area contributed by atoms with Gasteiger partial charge in [0.15, 0.2) is 6.10 Å². The van der Waals surface area contributed by atoms with Crippen LogP contribution in [0.5, 0.6) is 0 Å². The zero-order valence-corrected chi connectivity index (χ0v) is 52.9. The summed E-state index contributed by atoms with van der Waals surface area (Å²) in [4.78, 5) is 24.6. The number of hydrogen-bond donors (Lipinski definition) is 1. The van der Waals surface area contributed by atoms with Crippen LogP contribution in [0, 0.1) is 0 Å². The van der Waals surface area contributed by atoms with Gasteiger partial charge in [-0.25, -0.2) is 0 Å². The van der Waals surface area contributed by atoms with Gasteiger partial charge in [0.1, 0.15) is 6.61 Å². The van der Waals surface area contributed by atoms with E-state index in [-0.39, 0.29) is 25.2 Å². The molecule has 0 saturated heterocycles. The van der Waals surface area contributed by atoms with Gasteiger partial charge in [0.25, 0.3) is 0 Å². The minimum atomic E-state index is -0.797. The van der Waals surface area contributed by atoms with E-state index < -0.39 is 6.10 Å². The standard InChI is InChI=1S/C77H124O5/c1-3-5-7-9-11-13-15-17-19-21-23-25-27-29-31-33-34-35-36-37-38-39-40-41-42-44-46-48-50-52-54-56-58-60-62-64-66-68-70-72-77(80)82-75(73-78)74-81-76(79)71-69-67-65-63-61-59-57-55-53-51-49-47-45-43-32-30-28-26-24-22-20-18-16-14-12-10-8-6-4-2/h5,7,11,13,16-19,22-25,28-31,34-35,37-38,40-41,44,46,50,52,56,58,75,78H,3-4,6,8-10,12,14-15,20-21,26-27,32-33,36,39,42-43,45,47-49,51,53-55,57,59-74H2,1-2H3/b7-5-,13-11-,18-16-,19-17-,24-22-,25-23-,30-28-,31-29-,35-34-,38-37-,41-40-,46-44-,52-50-,58-56-. The number of allylic oxidation sites excluding steroid dienone is 28. The summed E-state index contributed by atoms with van der Waals surface area (Å²) in [5.74, 6) is -0.619. The van der Waals surface area contributed by atoms with E-state index in [9.17, 15) is 14.7 Å². The molecule has 0 saturated carbocycles. The van der Waals surface area contributed by atoms with Crippen LogP contribution in [0.15, 0.2) is 170 Å². The normalized spacial score (nSPS) is 13.4. The smallest absolute Gasteiger partial charge is 0.306 e. The number of rotatable bonds is 60. The van der Waals surface area contributed by atoms with E-state index >= 15 is 0 Å². The predicted molar refractivity (Wildman–Crippen MR) is 361 cm³/mol. The second-order valence-corrected chi connectivity index (χ2v) is 21.8. The van der Waals surface area contributed by atoms with E-state index in [2.05, 4.69) is 184 Å². The molecule has 0 aromatic heterocycles. The Morgan fingerprint density at radius 3 is 0.793 bits per heavy atom. The van der Waals surface area contributed by atoms with E-state index in [1.807, 2.05) is 0 Å². The Kier molecular flexibility index (Phi) is 66.4. The highest BCUT2D eigenvalue weighted by molar-refractivity contribution is 5.70. The number of carbonyl (C=O) groups excluding carboxylic acids is 2. The van der Waals surface area contributed by atoms with Crippen LogP contribution < -0.4 is 0 Å². The lowest BCUT2D eigenvalue weighted by Crippen LogP contribution is -2.28. The maximum absolute atomic E-state index is 12.4. The third kappa shape index (κ3) is 67.8. The highest BCUT2D eigenvalue weighted by Crippen LogP contribution is 2.15. The number of hydrogen-bond acceptors (Lipinski definition) is 5. The van der Waals surface area contributed by atoms with Gasteiger partial charge in [-0.15, -0.1) is 0 Å². The van der Waals surface area contributed by atoms with Gasteiger partial charge in [-0.05, 0) is 135 Å². The summed E-state index contributed by atoms with van der Waals surface area (Å²) in [6, 6.07) is 0. The van der Waals surface area contributed by atoms with Crippen molar-refractivity contribution >= 4 is 11.9 Å². The second-order valence-electron chi connectivity index (χ2n) is 21.8. The Balaban J connectivity index is 3.61. The molecule has 5 heteroatoms. The lowest BCUT2D eigenvalue weighted by Gasteiger charge is -2.15. The molecule has 5 nitrogen and oxygen atoms in total. The van der Waals surface area contributed by atoms with Crippen LogP contribution in [0.2, 0.25) is 0 Å². The number of esters is 2. The molecular formula is C77H124O5. The summed E-state index contributed by atoms with van der Waals surface area (Å²) in [7, 11) is 0. The monoisotopic (exact) mass is 1130 g/mol. The Bertz CT molecular complexity index is 1810. The van der Waals surface area contributed by atoms with Crippen LogP contribution in [0.3, 0.4) is 0 Å². The van der Waals surface area contributed by atoms with E-state index in [4.69, 9.17) is 9.47 Å². The van der Waals surface area contributed by atoms with Crippen molar-refractivity contribution in [3.05, 3.63) is 170 Å². The Morgan fingerprint density at radius 2 is 0.524 bits per heavy atom. The van der Waals surface area contributed by atoms with Crippen molar-refractivity contribution in [2.45, 2.75) is 290 Å². The van der Waals surface area contributed by atoms with Gasteiger partial charge < -0.3 is 14.6 Å². The summed E-state index contributed by atoms with van der Waals surface area (Å²) >= 11 is 0. The van der Waals surface area contributed by atoms with Crippen LogP contribution in [-0.2, 0) is 19.1 Å². The third-order valence-electron chi connectivity index (χ3n) is 14.0. The summed E-state index contributed by atoms with van der Waals surface area (Å²) in [5.41, 5.74) is 0. The largest absolute Gasteiger partial charge is 0.462 e. The molecule has 82 heavy (non-hydrogen) atoms. The molecule has 1 atom stereocenters. The maximum atomic E-state index is 12.4. The van der Waals surface area contributed by atoms with Crippen LogP contribution in [0.4, 0.5) is 0 Å². The summed E-state index contributed by atoms with van der Waals surface area (Å²) < 4.78 is 10.7. The minimum Gasteiger partial charge on any atom is -0.462 e. The highest BCUT2D eigenvalue weighted by Gasteiger charge is 2.16. The molecule has 0 radical (unpaired) electrons. The van der Waals surface area contributed by atoms with Gasteiger partial charge in [0.05, 0.1) is 6.61 Å². The molecule has 0 aromatic rings. The summed E-state index contributed by atoms with van der Waals surface area (Å²) in [6.07, 6.45) is 109. The summed E-state index contributed by atoms with van der Waals surface area (Å²) in [5, 5.41) is 9.69. The number of aliphatic hydroxyl groups excluding tert-OH is 1. The van der Waals surface area contributed by atoms with Gasteiger partial charge >= 0.3 is 11.9 Å². The molecule has 0 aliphatic carbocycles. The van der Waals surface area contributed by atoms with Gasteiger partial charge in [-0.3, -0.25) is 9.59 Å². The zero-order valence-electron chi connectivity index (χ0n) is 52.9. The lowest BCUT2D eigenvalue weighted by molar-refractivity contribution is -0.161. The van der Waals surface area contributed by atoms with E-state index in [0.29, 0.717) is 12.8 Å². The molecule has 1 unspecified atom stereocenters. The topological polar surface area (TPSA) is 72.8 Å². The lowest BCUT2D eigenvalue weighted by atomic mass is 10.0. The molecule has 0 heterocycles. The molecular weight excluding hydrogens is 1000 g/mol. The van der Waals surface area contributed by atoms with Crippen molar-refractivity contribution in [3.8, 4) is 0 Å². The van der Waals surface area contributed by atoms with Crippen LogP contribution >= 0.6 is 0 Å². The molecule has 0 aromatic carbocycles. The van der Waals surface area contributed by atoms with Gasteiger partial charge in [0.2, 0.25) is 0 Å². The van der Waals surface area contributed by atoms with Crippen molar-refractivity contribution in [3.63, 3.8) is 0 Å². The van der Waals surface area contributed by atoms with E-state index in [1.165, 1.54) is 116 Å². The minimum absolute atomic E-state index is 0.0834. The molecule has 1 N–H and O–H groups in total. The average Bonchev–Trinajstić information content (AvgIpc) is 3.49. The van der Waals surface area contributed by atoms with Crippen molar-refractivity contribution < 1.29 is 24.2 Å². The second kappa shape index (κ2) is 70.5. The number of ether oxygens (including phenoxy) is 2. The zero-order chi connectivity index (χ0) is 59.1. The first kappa shape index (κ1) is 77.3. The number of carbonyl (C=O) groups is 2. The first-order chi connectivity index (χ1) is 40.6. The Hall–Kier alpha value is -4.74. The van der Waals surface area contributed by atoms with Crippen LogP contribution in [-0.4, -0.2) is 36.4 Å². The molecule has 0 amide bonds. The molecule has 0 rings (SSSR count). The van der Waals surface area contributed by atoms with Crippen LogP contribution in [0.25, 0.3) is 0 Å². The third-order valence-corrected chi connectivity index (χ3v) is 14.0. The van der Waals surface area contributed by atoms with Crippen molar-refractivity contribution in [2.75, 3.05) is 13.2 Å². The Labute approximate surface area is 506 Å². The van der Waals surface area contributed by atoms with E-state index in [1.54, 1.807) is 0 Å². The van der Waals surface area contributed by atoms with Crippen LogP contribution in [0.1, 0.15) is 284 Å². The fraction of sp³-hybridized carbons (Fsp3) is 0.610. The molecule has 0 bridgehead atoms. The molecule has 0 spiro atoms. The quantitative estimate of drug-likeness (QED) is 0.0373. The maximum Gasteiger partial charge on any atom is 0.306 e. The number of aliphatic hydroxyl groups is 1. The Morgan fingerprint density at radius 1 is 0.293 bits per heavy atom.